The number of hydrogen-bond acceptors (Lipinski definition) is 2. The van der Waals surface area contributed by atoms with E-state index in [4.69, 9.17) is 27.0 Å². The molecule has 1 saturated carbocycles. The first-order valence-electron chi connectivity index (χ1n) is 4.72. The smallest absolute Gasteiger partial charge is 0.306 e. The van der Waals surface area contributed by atoms with Crippen molar-refractivity contribution >= 4 is 28.6 Å². The third kappa shape index (κ3) is 5.96. The quantitative estimate of drug-likeness (QED) is 0.678. The monoisotopic (exact) mass is 244 g/mol. The van der Waals surface area contributed by atoms with E-state index in [2.05, 4.69) is 0 Å². The van der Waals surface area contributed by atoms with Crippen LogP contribution in [0, 0.1) is 5.92 Å². The van der Waals surface area contributed by atoms with Gasteiger partial charge < -0.3 is 4.52 Å². The highest BCUT2D eigenvalue weighted by atomic mass is 35.9. The van der Waals surface area contributed by atoms with Gasteiger partial charge in [-0.2, -0.15) is 0 Å². The van der Waals surface area contributed by atoms with Crippen LogP contribution in [-0.4, -0.2) is 6.61 Å². The van der Waals surface area contributed by atoms with E-state index in [-0.39, 0.29) is 0 Å². The van der Waals surface area contributed by atoms with Crippen LogP contribution in [0.5, 0.6) is 0 Å². The SMILES string of the molecule is O=P(Cl)(Cl)OCCC1CCCCC1. The van der Waals surface area contributed by atoms with E-state index in [1.807, 2.05) is 0 Å². The van der Waals surface area contributed by atoms with Crippen LogP contribution in [0.15, 0.2) is 0 Å². The van der Waals surface area contributed by atoms with Gasteiger partial charge >= 0.3 is 6.07 Å². The van der Waals surface area contributed by atoms with Crippen molar-refractivity contribution in [2.24, 2.45) is 5.92 Å². The lowest BCUT2D eigenvalue weighted by Gasteiger charge is -2.21. The Bertz CT molecular complexity index is 187. The van der Waals surface area contributed by atoms with Gasteiger partial charge in [-0.1, -0.05) is 32.1 Å². The first kappa shape index (κ1) is 11.8. The minimum atomic E-state index is -3.29. The fourth-order valence-corrected chi connectivity index (χ4v) is 2.53. The van der Waals surface area contributed by atoms with Crippen molar-refractivity contribution < 1.29 is 9.09 Å². The minimum absolute atomic E-state index is 0.426. The molecule has 0 saturated heterocycles. The van der Waals surface area contributed by atoms with Crippen molar-refractivity contribution in [3.05, 3.63) is 0 Å². The molecule has 0 heterocycles. The van der Waals surface area contributed by atoms with Gasteiger partial charge in [0.1, 0.15) is 0 Å². The van der Waals surface area contributed by atoms with Crippen LogP contribution in [0.2, 0.25) is 0 Å². The van der Waals surface area contributed by atoms with Crippen molar-refractivity contribution in [2.75, 3.05) is 6.61 Å². The summed E-state index contributed by atoms with van der Waals surface area (Å²) in [6.07, 6.45) is 4.14. The maximum atomic E-state index is 10.8. The average molecular weight is 245 g/mol. The van der Waals surface area contributed by atoms with Crippen LogP contribution < -0.4 is 0 Å². The van der Waals surface area contributed by atoms with E-state index in [1.165, 1.54) is 32.1 Å². The Kier molecular flexibility index (Phi) is 5.10. The predicted molar refractivity (Wildman–Crippen MR) is 56.5 cm³/mol. The zero-order valence-corrected chi connectivity index (χ0v) is 9.95. The highest BCUT2D eigenvalue weighted by Crippen LogP contribution is 2.57. The molecule has 0 N–H and O–H groups in total. The Hall–Kier alpha value is 0.770. The number of hydrogen-bond donors (Lipinski definition) is 0. The molecule has 5 heteroatoms. The van der Waals surface area contributed by atoms with Crippen LogP contribution in [0.3, 0.4) is 0 Å². The molecule has 0 radical (unpaired) electrons. The Morgan fingerprint density at radius 1 is 1.23 bits per heavy atom. The number of rotatable bonds is 4. The second-order valence-electron chi connectivity index (χ2n) is 3.54. The average Bonchev–Trinajstić information content (AvgIpc) is 2.04. The first-order chi connectivity index (χ1) is 6.08. The summed E-state index contributed by atoms with van der Waals surface area (Å²) in [5.41, 5.74) is 0. The largest absolute Gasteiger partial charge is 0.380 e. The Morgan fingerprint density at radius 2 is 1.85 bits per heavy atom. The van der Waals surface area contributed by atoms with Gasteiger partial charge in [-0.05, 0) is 34.8 Å². The van der Waals surface area contributed by atoms with Crippen molar-refractivity contribution in [3.63, 3.8) is 0 Å². The Morgan fingerprint density at radius 3 is 2.38 bits per heavy atom. The van der Waals surface area contributed by atoms with Crippen molar-refractivity contribution in [1.82, 2.24) is 0 Å². The van der Waals surface area contributed by atoms with E-state index >= 15 is 0 Å². The summed E-state index contributed by atoms with van der Waals surface area (Å²) in [5, 5.41) is 0. The normalized spacial score (nSPS) is 20.5. The second kappa shape index (κ2) is 5.60. The van der Waals surface area contributed by atoms with Crippen molar-refractivity contribution in [1.29, 1.82) is 0 Å². The summed E-state index contributed by atoms with van der Waals surface area (Å²) < 4.78 is 15.6. The summed E-state index contributed by atoms with van der Waals surface area (Å²) in [4.78, 5) is 0. The molecule has 0 aromatic heterocycles. The molecular weight excluding hydrogens is 230 g/mol. The van der Waals surface area contributed by atoms with E-state index in [0.29, 0.717) is 12.5 Å². The predicted octanol–water partition coefficient (Wildman–Crippen LogP) is 4.56. The summed E-state index contributed by atoms with van der Waals surface area (Å²) in [7, 11) is 0. The molecule has 0 aromatic rings. The molecule has 0 aromatic carbocycles. The molecule has 13 heavy (non-hydrogen) atoms. The van der Waals surface area contributed by atoms with E-state index in [1.54, 1.807) is 0 Å². The van der Waals surface area contributed by atoms with Gasteiger partial charge in [-0.25, -0.2) is 0 Å². The third-order valence-corrected chi connectivity index (χ3v) is 3.56. The molecule has 0 unspecified atom stereocenters. The van der Waals surface area contributed by atoms with Gasteiger partial charge in [-0.15, -0.1) is 0 Å². The van der Waals surface area contributed by atoms with Crippen molar-refractivity contribution in [2.45, 2.75) is 38.5 Å². The highest BCUT2D eigenvalue weighted by Gasteiger charge is 2.17. The maximum Gasteiger partial charge on any atom is 0.380 e. The van der Waals surface area contributed by atoms with E-state index < -0.39 is 6.07 Å². The standard InChI is InChI=1S/C8H15Cl2O2P/c9-13(10,11)12-7-6-8-4-2-1-3-5-8/h8H,1-7H2. The topological polar surface area (TPSA) is 26.3 Å². The van der Waals surface area contributed by atoms with Crippen LogP contribution in [-0.2, 0) is 9.09 Å². The molecule has 2 nitrogen and oxygen atoms in total. The second-order valence-corrected chi connectivity index (χ2v) is 7.82. The van der Waals surface area contributed by atoms with Gasteiger partial charge in [0.25, 0.3) is 0 Å². The lowest BCUT2D eigenvalue weighted by atomic mass is 9.87. The summed E-state index contributed by atoms with van der Waals surface area (Å²) in [6.45, 7) is 0.426. The van der Waals surface area contributed by atoms with Crippen LogP contribution >= 0.6 is 28.6 Å². The minimum Gasteiger partial charge on any atom is -0.306 e. The fourth-order valence-electron chi connectivity index (χ4n) is 1.80. The lowest BCUT2D eigenvalue weighted by molar-refractivity contribution is 0.256. The molecule has 1 aliphatic rings. The molecule has 1 fully saturated rings. The summed E-state index contributed by atoms with van der Waals surface area (Å²) in [6, 6.07) is 0. The van der Waals surface area contributed by atoms with E-state index in [9.17, 15) is 4.57 Å². The molecule has 78 valence electrons. The van der Waals surface area contributed by atoms with Crippen LogP contribution in [0.1, 0.15) is 38.5 Å². The molecule has 0 amide bonds. The van der Waals surface area contributed by atoms with Crippen LogP contribution in [0.4, 0.5) is 0 Å². The van der Waals surface area contributed by atoms with E-state index in [0.717, 1.165) is 6.42 Å². The molecule has 0 bridgehead atoms. The first-order valence-corrected chi connectivity index (χ1v) is 8.15. The summed E-state index contributed by atoms with van der Waals surface area (Å²) >= 11 is 10.5. The Balaban J connectivity index is 2.08. The van der Waals surface area contributed by atoms with Gasteiger partial charge in [-0.3, -0.25) is 4.57 Å². The Labute approximate surface area is 89.0 Å². The van der Waals surface area contributed by atoms with Gasteiger partial charge in [0.2, 0.25) is 0 Å². The molecule has 1 aliphatic carbocycles. The highest BCUT2D eigenvalue weighted by molar-refractivity contribution is 8.05. The third-order valence-electron chi connectivity index (χ3n) is 2.49. The molecule has 0 aliphatic heterocycles. The van der Waals surface area contributed by atoms with Gasteiger partial charge in [0.05, 0.1) is 6.61 Å². The van der Waals surface area contributed by atoms with Gasteiger partial charge in [0.15, 0.2) is 0 Å². The van der Waals surface area contributed by atoms with Gasteiger partial charge in [0, 0.05) is 0 Å². The van der Waals surface area contributed by atoms with Crippen LogP contribution in [0.25, 0.3) is 0 Å². The maximum absolute atomic E-state index is 10.8. The molecule has 0 spiro atoms. The summed E-state index contributed by atoms with van der Waals surface area (Å²) in [5.74, 6) is 0.716. The number of halogens is 2. The zero-order chi connectivity index (χ0) is 9.73. The molecular formula is C8H15Cl2O2P. The molecule has 1 rings (SSSR count). The fraction of sp³-hybridized carbons (Fsp3) is 1.00. The molecule has 0 atom stereocenters. The zero-order valence-electron chi connectivity index (χ0n) is 7.55. The lowest BCUT2D eigenvalue weighted by Crippen LogP contribution is -2.08. The van der Waals surface area contributed by atoms with Crippen molar-refractivity contribution in [3.8, 4) is 0 Å².